The minimum atomic E-state index is -4.78. The number of carbonyl (C=O) groups is 1. The van der Waals surface area contributed by atoms with Gasteiger partial charge in [-0.05, 0) is 80.1 Å². The minimum absolute atomic E-state index is 0.145. The molecular formula is C34H36F4N6O2S. The molecule has 0 radical (unpaired) electrons. The first-order valence-electron chi connectivity index (χ1n) is 15.2. The number of aliphatic imine (C=N–C) groups is 1. The molecule has 1 saturated heterocycles. The molecule has 13 heteroatoms. The number of aromatic nitrogens is 3. The number of thioether (sulfide) groups is 1. The molecule has 2 heterocycles. The van der Waals surface area contributed by atoms with Gasteiger partial charge < -0.3 is 15.0 Å². The smallest absolute Gasteiger partial charge is 0.406 e. The van der Waals surface area contributed by atoms with E-state index in [0.29, 0.717) is 27.8 Å². The fourth-order valence-electron chi connectivity index (χ4n) is 5.30. The molecule has 4 aromatic rings. The third-order valence-corrected chi connectivity index (χ3v) is 8.77. The summed E-state index contributed by atoms with van der Waals surface area (Å²) in [5.74, 6) is 1.12. The number of carbonyl (C=O) groups excluding carboxylic acids is 1. The number of amidine groups is 1. The van der Waals surface area contributed by atoms with Crippen LogP contribution >= 0.6 is 11.8 Å². The Kier molecular flexibility index (Phi) is 10.2. The molecule has 8 nitrogen and oxygen atoms in total. The van der Waals surface area contributed by atoms with E-state index in [1.807, 2.05) is 6.92 Å². The Hall–Kier alpha value is -4.39. The molecule has 1 aliphatic heterocycles. The Morgan fingerprint density at radius 3 is 2.43 bits per heavy atom. The third kappa shape index (κ3) is 8.31. The lowest BCUT2D eigenvalue weighted by molar-refractivity contribution is -0.274. The maximum absolute atomic E-state index is 15.6. The third-order valence-electron chi connectivity index (χ3n) is 7.78. The number of benzene rings is 3. The van der Waals surface area contributed by atoms with Crippen LogP contribution in [0, 0.1) is 6.92 Å². The number of urea groups is 1. The zero-order chi connectivity index (χ0) is 33.9. The van der Waals surface area contributed by atoms with Crippen LogP contribution in [0.4, 0.5) is 28.0 Å². The van der Waals surface area contributed by atoms with E-state index < -0.39 is 24.6 Å². The van der Waals surface area contributed by atoms with E-state index in [9.17, 15) is 18.0 Å². The van der Waals surface area contributed by atoms with Crippen molar-refractivity contribution in [3.63, 3.8) is 0 Å². The molecule has 1 aromatic heterocycles. The van der Waals surface area contributed by atoms with Gasteiger partial charge in [0.1, 0.15) is 18.2 Å². The predicted octanol–water partition coefficient (Wildman–Crippen LogP) is 8.76. The fourth-order valence-corrected chi connectivity index (χ4v) is 6.50. The van der Waals surface area contributed by atoms with Crippen molar-refractivity contribution in [3.05, 3.63) is 89.7 Å². The van der Waals surface area contributed by atoms with Crippen LogP contribution in [0.3, 0.4) is 0 Å². The maximum atomic E-state index is 15.6. The molecule has 248 valence electrons. The number of nitrogens with zero attached hydrogens (tertiary/aromatic N) is 5. The van der Waals surface area contributed by atoms with Gasteiger partial charge in [-0.2, -0.15) is 4.99 Å². The zero-order valence-corrected chi connectivity index (χ0v) is 27.4. The van der Waals surface area contributed by atoms with Crippen molar-refractivity contribution >= 4 is 28.6 Å². The lowest BCUT2D eigenvalue weighted by atomic mass is 9.98. The van der Waals surface area contributed by atoms with Gasteiger partial charge in [-0.3, -0.25) is 0 Å². The number of rotatable bonds is 8. The molecule has 3 atom stereocenters. The summed E-state index contributed by atoms with van der Waals surface area (Å²) < 4.78 is 58.2. The molecule has 1 N–H and O–H groups in total. The number of halogens is 4. The maximum Gasteiger partial charge on any atom is 0.573 e. The van der Waals surface area contributed by atoms with Crippen LogP contribution in [-0.2, 0) is 0 Å². The van der Waals surface area contributed by atoms with Crippen LogP contribution in [0.15, 0.2) is 78.0 Å². The highest BCUT2D eigenvalue weighted by Crippen LogP contribution is 2.36. The second kappa shape index (κ2) is 14.2. The zero-order valence-electron chi connectivity index (χ0n) is 26.6. The number of amides is 2. The highest BCUT2D eigenvalue weighted by atomic mass is 32.2. The molecule has 5 rings (SSSR count). The van der Waals surface area contributed by atoms with Crippen LogP contribution in [0.25, 0.3) is 17.1 Å². The van der Waals surface area contributed by atoms with Crippen molar-refractivity contribution in [1.29, 1.82) is 0 Å². The lowest BCUT2D eigenvalue weighted by Gasteiger charge is -2.37. The summed E-state index contributed by atoms with van der Waals surface area (Å²) in [6.45, 7) is 10.0. The average molecular weight is 669 g/mol. The Balaban J connectivity index is 1.25. The number of aryl methyl sites for hydroxylation is 1. The van der Waals surface area contributed by atoms with Crippen molar-refractivity contribution in [1.82, 2.24) is 20.1 Å². The fraction of sp³-hybridized carbons (Fsp3) is 0.353. The summed E-state index contributed by atoms with van der Waals surface area (Å²) in [6.07, 6.45) is -3.91. The first-order chi connectivity index (χ1) is 22.3. The van der Waals surface area contributed by atoms with Gasteiger partial charge in [0.05, 0.1) is 11.7 Å². The van der Waals surface area contributed by atoms with Crippen LogP contribution in [-0.4, -0.2) is 50.2 Å². The van der Waals surface area contributed by atoms with Crippen LogP contribution in [0.5, 0.6) is 5.75 Å². The van der Waals surface area contributed by atoms with E-state index in [1.54, 1.807) is 31.2 Å². The van der Waals surface area contributed by atoms with Gasteiger partial charge in [-0.1, -0.05) is 62.0 Å². The SMILES string of the molecule is Cc1ccc(C(C)C)c(N2/C(=N/C(=O)NC(C)C(F)c3ccc(-c4ncn(-c5ccc(OC(F)(F)F)cc5)n4)cc3)SCCC2C)c1. The molecule has 1 fully saturated rings. The molecule has 47 heavy (non-hydrogen) atoms. The largest absolute Gasteiger partial charge is 0.573 e. The molecular weight excluding hydrogens is 632 g/mol. The molecule has 0 spiro atoms. The van der Waals surface area contributed by atoms with Gasteiger partial charge in [0.15, 0.2) is 11.0 Å². The van der Waals surface area contributed by atoms with E-state index in [-0.39, 0.29) is 17.7 Å². The number of anilines is 1. The highest BCUT2D eigenvalue weighted by molar-refractivity contribution is 8.14. The van der Waals surface area contributed by atoms with Gasteiger partial charge in [0.25, 0.3) is 0 Å². The first-order valence-corrected chi connectivity index (χ1v) is 16.2. The number of hydrogen-bond donors (Lipinski definition) is 1. The summed E-state index contributed by atoms with van der Waals surface area (Å²) in [7, 11) is 0. The normalized spacial score (nSPS) is 17.5. The van der Waals surface area contributed by atoms with Crippen molar-refractivity contribution in [3.8, 4) is 22.8 Å². The van der Waals surface area contributed by atoms with E-state index in [0.717, 1.165) is 23.4 Å². The molecule has 3 unspecified atom stereocenters. The molecule has 2 amide bonds. The van der Waals surface area contributed by atoms with Crippen molar-refractivity contribution < 1.29 is 27.1 Å². The van der Waals surface area contributed by atoms with Crippen LogP contribution in [0.1, 0.15) is 62.9 Å². The summed E-state index contributed by atoms with van der Waals surface area (Å²) in [5, 5.41) is 7.68. The Labute approximate surface area is 275 Å². The van der Waals surface area contributed by atoms with E-state index in [4.69, 9.17) is 0 Å². The predicted molar refractivity (Wildman–Crippen MR) is 177 cm³/mol. The van der Waals surface area contributed by atoms with E-state index in [1.165, 1.54) is 52.6 Å². The van der Waals surface area contributed by atoms with Crippen molar-refractivity contribution in [2.24, 2.45) is 4.99 Å². The number of alkyl halides is 4. The van der Waals surface area contributed by atoms with Gasteiger partial charge in [0, 0.05) is 23.0 Å². The molecule has 0 bridgehead atoms. The van der Waals surface area contributed by atoms with E-state index >= 15 is 4.39 Å². The first kappa shape index (κ1) is 34.0. The van der Waals surface area contributed by atoms with E-state index in [2.05, 4.69) is 69.0 Å². The highest BCUT2D eigenvalue weighted by Gasteiger charge is 2.31. The Morgan fingerprint density at radius 1 is 1.06 bits per heavy atom. The lowest BCUT2D eigenvalue weighted by Crippen LogP contribution is -2.43. The second-order valence-electron chi connectivity index (χ2n) is 11.8. The number of nitrogens with one attached hydrogen (secondary N) is 1. The van der Waals surface area contributed by atoms with Gasteiger partial charge in [0.2, 0.25) is 0 Å². The van der Waals surface area contributed by atoms with Crippen molar-refractivity contribution in [2.45, 2.75) is 71.6 Å². The molecule has 0 saturated carbocycles. The van der Waals surface area contributed by atoms with Gasteiger partial charge in [-0.25, -0.2) is 18.9 Å². The summed E-state index contributed by atoms with van der Waals surface area (Å²) in [6, 6.07) is 16.8. The molecule has 3 aromatic carbocycles. The Morgan fingerprint density at radius 2 is 1.77 bits per heavy atom. The average Bonchev–Trinajstić information content (AvgIpc) is 3.51. The second-order valence-corrected chi connectivity index (χ2v) is 12.8. The number of ether oxygens (including phenoxy) is 1. The van der Waals surface area contributed by atoms with Crippen molar-refractivity contribution in [2.75, 3.05) is 10.7 Å². The minimum Gasteiger partial charge on any atom is -0.406 e. The van der Waals surface area contributed by atoms with Crippen LogP contribution < -0.4 is 15.0 Å². The topological polar surface area (TPSA) is 84.6 Å². The Bertz CT molecular complexity index is 1720. The van der Waals surface area contributed by atoms with Gasteiger partial charge >= 0.3 is 12.4 Å². The summed E-state index contributed by atoms with van der Waals surface area (Å²) in [4.78, 5) is 23.9. The monoisotopic (exact) mass is 668 g/mol. The number of hydrogen-bond acceptors (Lipinski definition) is 5. The van der Waals surface area contributed by atoms with Gasteiger partial charge in [-0.15, -0.1) is 18.3 Å². The van der Waals surface area contributed by atoms with Crippen LogP contribution in [0.2, 0.25) is 0 Å². The summed E-state index contributed by atoms with van der Waals surface area (Å²) >= 11 is 1.52. The molecule has 1 aliphatic rings. The summed E-state index contributed by atoms with van der Waals surface area (Å²) in [5.41, 5.74) is 4.78. The molecule has 0 aliphatic carbocycles. The quantitative estimate of drug-likeness (QED) is 0.189. The standard InChI is InChI=1S/C34H36F4N6O2S/c1-20(2)28-15-6-21(3)18-29(28)44-22(4)16-17-47-33(44)41-32(45)40-23(5)30(35)24-7-9-25(10-8-24)31-39-19-43(42-31)26-11-13-27(14-12-26)46-34(36,37)38/h6-15,18-20,22-23,30H,16-17H2,1-5H3,(H,40,45)/b41-33-.